The normalized spacial score (nSPS) is 20.0. The van der Waals surface area contributed by atoms with Crippen molar-refractivity contribution < 1.29 is 23.0 Å². The van der Waals surface area contributed by atoms with Gasteiger partial charge in [0.05, 0.1) is 23.9 Å². The van der Waals surface area contributed by atoms with Crippen molar-refractivity contribution in [2.75, 3.05) is 13.2 Å². The van der Waals surface area contributed by atoms with Gasteiger partial charge < -0.3 is 14.8 Å². The first-order valence-electron chi connectivity index (χ1n) is 10.2. The van der Waals surface area contributed by atoms with E-state index in [2.05, 4.69) is 9.97 Å². The highest BCUT2D eigenvalue weighted by atomic mass is 19.4. The Kier molecular flexibility index (Phi) is 5.89. The molecule has 0 aliphatic heterocycles. The third-order valence-electron chi connectivity index (χ3n) is 5.92. The van der Waals surface area contributed by atoms with Crippen molar-refractivity contribution in [2.45, 2.75) is 51.1 Å². The third-order valence-corrected chi connectivity index (χ3v) is 5.92. The molecule has 8 nitrogen and oxygen atoms in total. The predicted octanol–water partition coefficient (Wildman–Crippen LogP) is 2.69. The zero-order valence-electron chi connectivity index (χ0n) is 16.7. The number of fused-ring (bicyclic) bond motifs is 3. The van der Waals surface area contributed by atoms with Crippen LogP contribution < -0.4 is 11.2 Å². The Labute approximate surface area is 174 Å². The van der Waals surface area contributed by atoms with Crippen LogP contribution in [0.2, 0.25) is 0 Å². The Morgan fingerprint density at radius 2 is 1.94 bits per heavy atom. The fourth-order valence-corrected chi connectivity index (χ4v) is 4.34. The molecule has 0 atom stereocenters. The summed E-state index contributed by atoms with van der Waals surface area (Å²) in [6.07, 6.45) is 0.480. The van der Waals surface area contributed by atoms with Gasteiger partial charge in [0.15, 0.2) is 0 Å². The molecule has 168 valence electrons. The first-order valence-corrected chi connectivity index (χ1v) is 10.2. The van der Waals surface area contributed by atoms with E-state index >= 15 is 0 Å². The first-order chi connectivity index (χ1) is 14.8. The highest BCUT2D eigenvalue weighted by Gasteiger charge is 2.29. The molecule has 0 amide bonds. The number of halogens is 3. The largest absolute Gasteiger partial charge is 0.391 e. The van der Waals surface area contributed by atoms with Crippen LogP contribution >= 0.6 is 0 Å². The fraction of sp³-hybridized carbons (Fsp3) is 0.550. The van der Waals surface area contributed by atoms with Crippen LogP contribution in [-0.2, 0) is 11.5 Å². The molecule has 3 aromatic rings. The molecular weight excluding hydrogens is 417 g/mol. The summed E-state index contributed by atoms with van der Waals surface area (Å²) >= 11 is 0. The molecule has 0 unspecified atom stereocenters. The lowest BCUT2D eigenvalue weighted by atomic mass is 9.86. The van der Waals surface area contributed by atoms with Crippen molar-refractivity contribution in [3.8, 4) is 0 Å². The molecule has 3 aromatic heterocycles. The number of nitrogens with one attached hydrogen (secondary N) is 1. The standard InChI is InChI=1S/C20H23F3N4O4/c21-20(22,23)6-8-31-10-12-1-3-13(4-2-12)27-16-14-5-7-24-17(14)25-9-15(16)18(29)26(11-28)19(27)30/h5,7,9,12-13,28H,1-4,6,8,10-11H2,(H,24,25). The third kappa shape index (κ3) is 4.24. The molecule has 1 fully saturated rings. The van der Waals surface area contributed by atoms with Crippen LogP contribution in [0, 0.1) is 5.92 Å². The Bertz CT molecular complexity index is 1190. The molecular formula is C20H23F3N4O4. The van der Waals surface area contributed by atoms with Crippen molar-refractivity contribution in [1.82, 2.24) is 19.1 Å². The maximum absolute atomic E-state index is 13.1. The molecule has 0 saturated heterocycles. The topological polar surface area (TPSA) is 102 Å². The van der Waals surface area contributed by atoms with Crippen LogP contribution in [0.3, 0.4) is 0 Å². The molecule has 1 aliphatic carbocycles. The lowest BCUT2D eigenvalue weighted by Crippen LogP contribution is -2.42. The zero-order chi connectivity index (χ0) is 22.2. The number of ether oxygens (including phenoxy) is 1. The molecule has 11 heteroatoms. The van der Waals surface area contributed by atoms with Gasteiger partial charge in [-0.1, -0.05) is 0 Å². The number of nitrogens with zero attached hydrogens (tertiary/aromatic N) is 3. The maximum atomic E-state index is 13.1. The van der Waals surface area contributed by atoms with Gasteiger partial charge in [0.25, 0.3) is 5.56 Å². The smallest absolute Gasteiger partial charge is 0.381 e. The molecule has 3 heterocycles. The van der Waals surface area contributed by atoms with Crippen molar-refractivity contribution >= 4 is 21.9 Å². The number of H-pyrrole nitrogens is 1. The number of rotatable bonds is 6. The Morgan fingerprint density at radius 1 is 1.19 bits per heavy atom. The summed E-state index contributed by atoms with van der Waals surface area (Å²) in [6.45, 7) is -0.838. The quantitative estimate of drug-likeness (QED) is 0.574. The monoisotopic (exact) mass is 440 g/mol. The van der Waals surface area contributed by atoms with Crippen molar-refractivity contribution in [1.29, 1.82) is 0 Å². The summed E-state index contributed by atoms with van der Waals surface area (Å²) in [6, 6.07) is 1.55. The summed E-state index contributed by atoms with van der Waals surface area (Å²) in [5.74, 6) is 0.115. The second-order valence-electron chi connectivity index (χ2n) is 7.90. The minimum Gasteiger partial charge on any atom is -0.381 e. The van der Waals surface area contributed by atoms with Gasteiger partial charge in [-0.25, -0.2) is 14.3 Å². The number of alkyl halides is 3. The Hall–Kier alpha value is -2.66. The van der Waals surface area contributed by atoms with E-state index in [1.807, 2.05) is 0 Å². The Morgan fingerprint density at radius 3 is 2.61 bits per heavy atom. The van der Waals surface area contributed by atoms with Gasteiger partial charge in [0, 0.05) is 30.4 Å². The van der Waals surface area contributed by atoms with Crippen molar-refractivity contribution in [3.63, 3.8) is 0 Å². The van der Waals surface area contributed by atoms with Gasteiger partial charge in [0.2, 0.25) is 0 Å². The molecule has 1 aliphatic rings. The van der Waals surface area contributed by atoms with Crippen LogP contribution in [0.15, 0.2) is 28.0 Å². The van der Waals surface area contributed by atoms with Crippen molar-refractivity contribution in [2.24, 2.45) is 5.92 Å². The lowest BCUT2D eigenvalue weighted by molar-refractivity contribution is -0.146. The number of pyridine rings is 1. The van der Waals surface area contributed by atoms with E-state index in [4.69, 9.17) is 4.74 Å². The van der Waals surface area contributed by atoms with Crippen LogP contribution in [0.25, 0.3) is 21.9 Å². The number of hydrogen-bond donors (Lipinski definition) is 2. The van der Waals surface area contributed by atoms with E-state index in [1.165, 1.54) is 6.20 Å². The van der Waals surface area contributed by atoms with Crippen LogP contribution in [0.1, 0.15) is 38.1 Å². The molecule has 0 aromatic carbocycles. The van der Waals surface area contributed by atoms with Crippen LogP contribution in [-0.4, -0.2) is 43.6 Å². The van der Waals surface area contributed by atoms with Crippen LogP contribution in [0.5, 0.6) is 0 Å². The van der Waals surface area contributed by atoms with Crippen LogP contribution in [0.4, 0.5) is 13.2 Å². The minimum atomic E-state index is -4.23. The molecule has 2 N–H and O–H groups in total. The highest BCUT2D eigenvalue weighted by molar-refractivity contribution is 6.01. The van der Waals surface area contributed by atoms with Gasteiger partial charge in [-0.2, -0.15) is 13.2 Å². The number of aliphatic hydroxyl groups excluding tert-OH is 1. The minimum absolute atomic E-state index is 0.115. The van der Waals surface area contributed by atoms with Crippen molar-refractivity contribution in [3.05, 3.63) is 39.3 Å². The summed E-state index contributed by atoms with van der Waals surface area (Å²) in [4.78, 5) is 33.0. The number of aliphatic hydroxyl groups is 1. The molecule has 0 radical (unpaired) electrons. The summed E-state index contributed by atoms with van der Waals surface area (Å²) in [7, 11) is 0. The van der Waals surface area contributed by atoms with E-state index in [0.29, 0.717) is 42.2 Å². The summed E-state index contributed by atoms with van der Waals surface area (Å²) in [5.41, 5.74) is -0.149. The summed E-state index contributed by atoms with van der Waals surface area (Å²) in [5, 5.41) is 10.5. The average Bonchev–Trinajstić information content (AvgIpc) is 3.21. The molecule has 1 saturated carbocycles. The highest BCUT2D eigenvalue weighted by Crippen LogP contribution is 2.34. The lowest BCUT2D eigenvalue weighted by Gasteiger charge is -2.31. The number of hydrogen-bond acceptors (Lipinski definition) is 5. The summed E-state index contributed by atoms with van der Waals surface area (Å²) < 4.78 is 44.3. The molecule has 31 heavy (non-hydrogen) atoms. The van der Waals surface area contributed by atoms with Gasteiger partial charge in [-0.05, 0) is 37.7 Å². The van der Waals surface area contributed by atoms with Gasteiger partial charge in [0.1, 0.15) is 12.4 Å². The van der Waals surface area contributed by atoms with E-state index in [9.17, 15) is 27.9 Å². The van der Waals surface area contributed by atoms with E-state index in [1.54, 1.807) is 16.8 Å². The molecule has 0 bridgehead atoms. The first kappa shape index (κ1) is 21.6. The van der Waals surface area contributed by atoms with Gasteiger partial charge in [-0.3, -0.25) is 9.36 Å². The molecule has 0 spiro atoms. The second kappa shape index (κ2) is 8.46. The van der Waals surface area contributed by atoms with E-state index in [-0.39, 0.29) is 30.6 Å². The number of aromatic amines is 1. The predicted molar refractivity (Wildman–Crippen MR) is 107 cm³/mol. The maximum Gasteiger partial charge on any atom is 0.391 e. The average molecular weight is 440 g/mol. The second-order valence-corrected chi connectivity index (χ2v) is 7.90. The van der Waals surface area contributed by atoms with Gasteiger partial charge >= 0.3 is 11.9 Å². The molecule has 4 rings (SSSR count). The van der Waals surface area contributed by atoms with E-state index in [0.717, 1.165) is 4.57 Å². The Balaban J connectivity index is 1.60. The van der Waals surface area contributed by atoms with E-state index < -0.39 is 30.6 Å². The fourth-order valence-electron chi connectivity index (χ4n) is 4.34. The zero-order valence-corrected chi connectivity index (χ0v) is 16.7. The number of aromatic nitrogens is 4. The SMILES string of the molecule is O=c1c2cnc3[nH]ccc3c2n(C2CCC(COCCC(F)(F)F)CC2)c(=O)n1CO. The van der Waals surface area contributed by atoms with Gasteiger partial charge in [-0.15, -0.1) is 0 Å².